The summed E-state index contributed by atoms with van der Waals surface area (Å²) >= 11 is 0. The second kappa shape index (κ2) is 6.26. The highest BCUT2D eigenvalue weighted by atomic mass is 15.2. The molecule has 1 aliphatic heterocycles. The standard InChI is InChI=1S/C14H23N7/c1-3-15-14-18-12(11-9-17-20-13(11)19-14)16-8-10-6-5-7-21(10)4-2/h9-10H,3-8H2,1-2H3,(H3,15,16,17,18,19,20). The predicted molar refractivity (Wildman–Crippen MR) is 84.6 cm³/mol. The molecule has 3 rings (SSSR count). The molecule has 114 valence electrons. The third kappa shape index (κ3) is 2.92. The molecule has 1 saturated heterocycles. The number of aromatic amines is 1. The van der Waals surface area contributed by atoms with Gasteiger partial charge >= 0.3 is 0 Å². The number of rotatable bonds is 6. The maximum Gasteiger partial charge on any atom is 0.226 e. The van der Waals surface area contributed by atoms with Crippen LogP contribution in [0.15, 0.2) is 6.20 Å². The Morgan fingerprint density at radius 2 is 2.24 bits per heavy atom. The molecule has 7 heteroatoms. The van der Waals surface area contributed by atoms with E-state index in [1.807, 2.05) is 6.92 Å². The second-order valence-electron chi connectivity index (χ2n) is 5.36. The van der Waals surface area contributed by atoms with Crippen LogP contribution >= 0.6 is 0 Å². The van der Waals surface area contributed by atoms with Gasteiger partial charge in [-0.3, -0.25) is 10.00 Å². The number of nitrogens with zero attached hydrogens (tertiary/aromatic N) is 4. The Bertz CT molecular complexity index is 594. The van der Waals surface area contributed by atoms with E-state index in [4.69, 9.17) is 0 Å². The van der Waals surface area contributed by atoms with Crippen LogP contribution in [0.25, 0.3) is 11.0 Å². The van der Waals surface area contributed by atoms with Gasteiger partial charge in [0.2, 0.25) is 5.95 Å². The fourth-order valence-electron chi connectivity index (χ4n) is 2.96. The Kier molecular flexibility index (Phi) is 4.19. The minimum absolute atomic E-state index is 0.592. The van der Waals surface area contributed by atoms with Crippen LogP contribution < -0.4 is 10.6 Å². The van der Waals surface area contributed by atoms with E-state index in [-0.39, 0.29) is 0 Å². The molecule has 2 aromatic heterocycles. The minimum atomic E-state index is 0.592. The fourth-order valence-corrected chi connectivity index (χ4v) is 2.96. The normalized spacial score (nSPS) is 19.2. The first-order valence-electron chi connectivity index (χ1n) is 7.74. The van der Waals surface area contributed by atoms with Crippen molar-refractivity contribution in [2.24, 2.45) is 0 Å². The van der Waals surface area contributed by atoms with E-state index in [0.717, 1.165) is 36.5 Å². The molecule has 0 radical (unpaired) electrons. The van der Waals surface area contributed by atoms with Gasteiger partial charge in [-0.2, -0.15) is 15.1 Å². The number of nitrogens with one attached hydrogen (secondary N) is 3. The number of likely N-dealkylation sites (N-methyl/N-ethyl adjacent to an activating group) is 1. The summed E-state index contributed by atoms with van der Waals surface area (Å²) in [6.07, 6.45) is 4.31. The molecule has 2 aromatic rings. The molecule has 1 aliphatic rings. The van der Waals surface area contributed by atoms with Crippen molar-refractivity contribution in [3.8, 4) is 0 Å². The van der Waals surface area contributed by atoms with Gasteiger partial charge < -0.3 is 10.6 Å². The molecule has 0 aliphatic carbocycles. The predicted octanol–water partition coefficient (Wildman–Crippen LogP) is 1.68. The lowest BCUT2D eigenvalue weighted by atomic mass is 10.2. The van der Waals surface area contributed by atoms with Crippen LogP contribution in [0.5, 0.6) is 0 Å². The fraction of sp³-hybridized carbons (Fsp3) is 0.643. The maximum atomic E-state index is 4.56. The van der Waals surface area contributed by atoms with Crippen molar-refractivity contribution in [1.29, 1.82) is 0 Å². The Morgan fingerprint density at radius 1 is 1.33 bits per heavy atom. The highest BCUT2D eigenvalue weighted by Crippen LogP contribution is 2.22. The van der Waals surface area contributed by atoms with Gasteiger partial charge in [-0.05, 0) is 32.9 Å². The van der Waals surface area contributed by atoms with E-state index < -0.39 is 0 Å². The van der Waals surface area contributed by atoms with Gasteiger partial charge in [0.1, 0.15) is 5.82 Å². The summed E-state index contributed by atoms with van der Waals surface area (Å²) < 4.78 is 0. The molecule has 1 atom stereocenters. The van der Waals surface area contributed by atoms with Gasteiger partial charge in [-0.15, -0.1) is 0 Å². The number of likely N-dealkylation sites (tertiary alicyclic amines) is 1. The first-order chi connectivity index (χ1) is 10.3. The molecule has 3 N–H and O–H groups in total. The molecule has 0 aromatic carbocycles. The first kappa shape index (κ1) is 14.1. The lowest BCUT2D eigenvalue weighted by Crippen LogP contribution is -2.34. The van der Waals surface area contributed by atoms with Crippen LogP contribution in [0.2, 0.25) is 0 Å². The van der Waals surface area contributed by atoms with Crippen LogP contribution in [0.4, 0.5) is 11.8 Å². The van der Waals surface area contributed by atoms with Gasteiger partial charge in [-0.25, -0.2) is 0 Å². The largest absolute Gasteiger partial charge is 0.368 e. The van der Waals surface area contributed by atoms with Gasteiger partial charge in [-0.1, -0.05) is 6.92 Å². The van der Waals surface area contributed by atoms with E-state index in [0.29, 0.717) is 12.0 Å². The van der Waals surface area contributed by atoms with E-state index >= 15 is 0 Å². The SMILES string of the molecule is CCNc1nc(NCC2CCCN2CC)c2cn[nH]c2n1. The highest BCUT2D eigenvalue weighted by Gasteiger charge is 2.23. The van der Waals surface area contributed by atoms with Crippen molar-refractivity contribution < 1.29 is 0 Å². The number of hydrogen-bond acceptors (Lipinski definition) is 6. The van der Waals surface area contributed by atoms with Gasteiger partial charge in [0, 0.05) is 19.1 Å². The lowest BCUT2D eigenvalue weighted by Gasteiger charge is -2.23. The summed E-state index contributed by atoms with van der Waals surface area (Å²) in [5, 5.41) is 14.6. The number of anilines is 2. The molecular weight excluding hydrogens is 266 g/mol. The smallest absolute Gasteiger partial charge is 0.226 e. The number of hydrogen-bond donors (Lipinski definition) is 3. The average Bonchev–Trinajstić information content (AvgIpc) is 3.13. The zero-order valence-electron chi connectivity index (χ0n) is 12.7. The van der Waals surface area contributed by atoms with Gasteiger partial charge in [0.05, 0.1) is 11.6 Å². The number of aromatic nitrogens is 4. The summed E-state index contributed by atoms with van der Waals surface area (Å²) in [5.41, 5.74) is 0.766. The molecule has 1 unspecified atom stereocenters. The van der Waals surface area contributed by atoms with Crippen LogP contribution in [-0.2, 0) is 0 Å². The van der Waals surface area contributed by atoms with Crippen LogP contribution in [0.1, 0.15) is 26.7 Å². The third-order valence-corrected chi connectivity index (χ3v) is 4.06. The zero-order chi connectivity index (χ0) is 14.7. The first-order valence-corrected chi connectivity index (χ1v) is 7.74. The van der Waals surface area contributed by atoms with Crippen molar-refractivity contribution in [1.82, 2.24) is 25.1 Å². The summed E-state index contributed by atoms with van der Waals surface area (Å²) in [5.74, 6) is 1.49. The zero-order valence-corrected chi connectivity index (χ0v) is 12.7. The monoisotopic (exact) mass is 289 g/mol. The summed E-state index contributed by atoms with van der Waals surface area (Å²) in [4.78, 5) is 11.5. The second-order valence-corrected chi connectivity index (χ2v) is 5.36. The van der Waals surface area contributed by atoms with E-state index in [2.05, 4.69) is 42.6 Å². The molecule has 1 fully saturated rings. The van der Waals surface area contributed by atoms with Crippen LogP contribution in [0.3, 0.4) is 0 Å². The van der Waals surface area contributed by atoms with Gasteiger partial charge in [0.25, 0.3) is 0 Å². The molecule has 0 bridgehead atoms. The highest BCUT2D eigenvalue weighted by molar-refractivity contribution is 5.86. The van der Waals surface area contributed by atoms with Crippen LogP contribution in [0, 0.1) is 0 Å². The molecule has 0 amide bonds. The summed E-state index contributed by atoms with van der Waals surface area (Å²) in [7, 11) is 0. The van der Waals surface area contributed by atoms with E-state index in [1.54, 1.807) is 6.20 Å². The quantitative estimate of drug-likeness (QED) is 0.750. The van der Waals surface area contributed by atoms with E-state index in [9.17, 15) is 0 Å². The molecule has 0 spiro atoms. The van der Waals surface area contributed by atoms with Crippen molar-refractivity contribution >= 4 is 22.8 Å². The van der Waals surface area contributed by atoms with Crippen molar-refractivity contribution in [3.05, 3.63) is 6.20 Å². The Balaban J connectivity index is 1.77. The molecular formula is C14H23N7. The number of fused-ring (bicyclic) bond motifs is 1. The van der Waals surface area contributed by atoms with Crippen molar-refractivity contribution in [3.63, 3.8) is 0 Å². The molecule has 21 heavy (non-hydrogen) atoms. The van der Waals surface area contributed by atoms with Crippen molar-refractivity contribution in [2.45, 2.75) is 32.7 Å². The molecule has 7 nitrogen and oxygen atoms in total. The Labute approximate surface area is 124 Å². The summed E-state index contributed by atoms with van der Waals surface area (Å²) in [6.45, 7) is 8.28. The Hall–Kier alpha value is -1.89. The topological polar surface area (TPSA) is 81.8 Å². The maximum absolute atomic E-state index is 4.56. The van der Waals surface area contributed by atoms with Gasteiger partial charge in [0.15, 0.2) is 5.65 Å². The number of H-pyrrole nitrogens is 1. The third-order valence-electron chi connectivity index (χ3n) is 4.06. The molecule has 0 saturated carbocycles. The van der Waals surface area contributed by atoms with Crippen molar-refractivity contribution in [2.75, 3.05) is 36.8 Å². The van der Waals surface area contributed by atoms with E-state index in [1.165, 1.54) is 19.4 Å². The molecule has 3 heterocycles. The average molecular weight is 289 g/mol. The Morgan fingerprint density at radius 3 is 3.05 bits per heavy atom. The minimum Gasteiger partial charge on any atom is -0.368 e. The lowest BCUT2D eigenvalue weighted by molar-refractivity contribution is 0.277. The summed E-state index contributed by atoms with van der Waals surface area (Å²) in [6, 6.07) is 0.592. The van der Waals surface area contributed by atoms with Crippen LogP contribution in [-0.4, -0.2) is 57.3 Å².